The molecule has 1 heterocycles. The summed E-state index contributed by atoms with van der Waals surface area (Å²) < 4.78 is 0. The quantitative estimate of drug-likeness (QED) is 0.772. The SMILES string of the molecule is CCC(CNC1CC1)N1CCC(C)(C)CC1. The predicted octanol–water partition coefficient (Wildman–Crippen LogP) is 2.64. The molecular weight excluding hydrogens is 196 g/mol. The van der Waals surface area contributed by atoms with Crippen molar-refractivity contribution in [1.82, 2.24) is 10.2 Å². The maximum atomic E-state index is 3.68. The van der Waals surface area contributed by atoms with Gasteiger partial charge in [-0.25, -0.2) is 0 Å². The predicted molar refractivity (Wildman–Crippen MR) is 69.7 cm³/mol. The number of nitrogens with zero attached hydrogens (tertiary/aromatic N) is 1. The molecule has 0 bridgehead atoms. The maximum absolute atomic E-state index is 3.68. The largest absolute Gasteiger partial charge is 0.312 e. The van der Waals surface area contributed by atoms with E-state index in [4.69, 9.17) is 0 Å². The zero-order valence-electron chi connectivity index (χ0n) is 11.3. The molecular formula is C14H28N2. The van der Waals surface area contributed by atoms with Gasteiger partial charge in [0.1, 0.15) is 0 Å². The minimum absolute atomic E-state index is 0.582. The van der Waals surface area contributed by atoms with E-state index >= 15 is 0 Å². The summed E-state index contributed by atoms with van der Waals surface area (Å²) in [7, 11) is 0. The number of hydrogen-bond acceptors (Lipinski definition) is 2. The van der Waals surface area contributed by atoms with E-state index in [1.165, 1.54) is 51.7 Å². The molecule has 2 rings (SSSR count). The average Bonchev–Trinajstić information content (AvgIpc) is 3.04. The normalized spacial score (nSPS) is 27.9. The van der Waals surface area contributed by atoms with E-state index in [0.29, 0.717) is 5.41 Å². The molecule has 0 aromatic heterocycles. The molecule has 2 nitrogen and oxygen atoms in total. The molecule has 0 aromatic rings. The second-order valence-electron chi connectivity index (χ2n) is 6.44. The van der Waals surface area contributed by atoms with Gasteiger partial charge in [-0.2, -0.15) is 0 Å². The second-order valence-corrected chi connectivity index (χ2v) is 6.44. The molecule has 0 amide bonds. The summed E-state index contributed by atoms with van der Waals surface area (Å²) in [5.74, 6) is 0. The summed E-state index contributed by atoms with van der Waals surface area (Å²) in [6.45, 7) is 11.0. The van der Waals surface area contributed by atoms with Crippen molar-refractivity contribution in [2.45, 2.75) is 65.0 Å². The fourth-order valence-electron chi connectivity index (χ4n) is 2.62. The first-order valence-corrected chi connectivity index (χ1v) is 7.08. The number of nitrogens with one attached hydrogen (secondary N) is 1. The Hall–Kier alpha value is -0.0800. The minimum atomic E-state index is 0.582. The Morgan fingerprint density at radius 1 is 1.25 bits per heavy atom. The van der Waals surface area contributed by atoms with Crippen LogP contribution in [0.15, 0.2) is 0 Å². The fourth-order valence-corrected chi connectivity index (χ4v) is 2.62. The van der Waals surface area contributed by atoms with Crippen LogP contribution in [-0.2, 0) is 0 Å². The van der Waals surface area contributed by atoms with Gasteiger partial charge >= 0.3 is 0 Å². The van der Waals surface area contributed by atoms with Gasteiger partial charge in [0.15, 0.2) is 0 Å². The Kier molecular flexibility index (Phi) is 3.91. The van der Waals surface area contributed by atoms with E-state index in [2.05, 4.69) is 31.0 Å². The van der Waals surface area contributed by atoms with Gasteiger partial charge in [-0.05, 0) is 50.6 Å². The lowest BCUT2D eigenvalue weighted by Gasteiger charge is -2.41. The van der Waals surface area contributed by atoms with Crippen LogP contribution < -0.4 is 5.32 Å². The average molecular weight is 224 g/mol. The first kappa shape index (κ1) is 12.4. The van der Waals surface area contributed by atoms with Gasteiger partial charge < -0.3 is 5.32 Å². The van der Waals surface area contributed by atoms with Crippen LogP contribution in [0.3, 0.4) is 0 Å². The Morgan fingerprint density at radius 2 is 1.88 bits per heavy atom. The number of rotatable bonds is 5. The summed E-state index contributed by atoms with van der Waals surface area (Å²) in [6.07, 6.45) is 6.84. The van der Waals surface area contributed by atoms with Gasteiger partial charge in [0, 0.05) is 18.6 Å². The molecule has 1 saturated carbocycles. The van der Waals surface area contributed by atoms with E-state index in [1.54, 1.807) is 0 Å². The molecule has 2 aliphatic rings. The monoisotopic (exact) mass is 224 g/mol. The van der Waals surface area contributed by atoms with Crippen molar-refractivity contribution >= 4 is 0 Å². The molecule has 0 aromatic carbocycles. The van der Waals surface area contributed by atoms with Gasteiger partial charge in [0.05, 0.1) is 0 Å². The van der Waals surface area contributed by atoms with Crippen LogP contribution in [-0.4, -0.2) is 36.6 Å². The smallest absolute Gasteiger partial charge is 0.0218 e. The maximum Gasteiger partial charge on any atom is 0.0218 e. The van der Waals surface area contributed by atoms with E-state index < -0.39 is 0 Å². The number of hydrogen-bond donors (Lipinski definition) is 1. The van der Waals surface area contributed by atoms with E-state index in [1.807, 2.05) is 0 Å². The van der Waals surface area contributed by atoms with Crippen molar-refractivity contribution in [3.05, 3.63) is 0 Å². The lowest BCUT2D eigenvalue weighted by molar-refractivity contribution is 0.0908. The van der Waals surface area contributed by atoms with Gasteiger partial charge in [-0.3, -0.25) is 4.90 Å². The molecule has 1 aliphatic heterocycles. The molecule has 2 heteroatoms. The van der Waals surface area contributed by atoms with Gasteiger partial charge in [-0.15, -0.1) is 0 Å². The highest BCUT2D eigenvalue weighted by atomic mass is 15.2. The Balaban J connectivity index is 1.75. The van der Waals surface area contributed by atoms with Crippen molar-refractivity contribution in [3.8, 4) is 0 Å². The summed E-state index contributed by atoms with van der Waals surface area (Å²) in [5, 5.41) is 3.68. The highest BCUT2D eigenvalue weighted by Gasteiger charge is 2.29. The Morgan fingerprint density at radius 3 is 2.38 bits per heavy atom. The van der Waals surface area contributed by atoms with Gasteiger partial charge in [0.2, 0.25) is 0 Å². The molecule has 16 heavy (non-hydrogen) atoms. The van der Waals surface area contributed by atoms with Crippen LogP contribution in [0.5, 0.6) is 0 Å². The summed E-state index contributed by atoms with van der Waals surface area (Å²) >= 11 is 0. The molecule has 1 unspecified atom stereocenters. The first-order chi connectivity index (χ1) is 7.61. The Bertz CT molecular complexity index is 208. The van der Waals surface area contributed by atoms with Crippen LogP contribution in [0.2, 0.25) is 0 Å². The summed E-state index contributed by atoms with van der Waals surface area (Å²) in [6, 6.07) is 1.63. The minimum Gasteiger partial charge on any atom is -0.312 e. The highest BCUT2D eigenvalue weighted by Crippen LogP contribution is 2.31. The zero-order chi connectivity index (χ0) is 11.6. The van der Waals surface area contributed by atoms with E-state index in [0.717, 1.165) is 12.1 Å². The third-order valence-corrected chi connectivity index (χ3v) is 4.36. The number of piperidine rings is 1. The third kappa shape index (κ3) is 3.46. The molecule has 1 saturated heterocycles. The van der Waals surface area contributed by atoms with E-state index in [-0.39, 0.29) is 0 Å². The van der Waals surface area contributed by atoms with E-state index in [9.17, 15) is 0 Å². The van der Waals surface area contributed by atoms with Crippen molar-refractivity contribution in [3.63, 3.8) is 0 Å². The lowest BCUT2D eigenvalue weighted by atomic mass is 9.82. The van der Waals surface area contributed by atoms with Crippen LogP contribution >= 0.6 is 0 Å². The van der Waals surface area contributed by atoms with Crippen LogP contribution in [0.25, 0.3) is 0 Å². The molecule has 1 N–H and O–H groups in total. The standard InChI is InChI=1S/C14H28N2/c1-4-13(11-15-12-5-6-12)16-9-7-14(2,3)8-10-16/h12-13,15H,4-11H2,1-3H3. The van der Waals surface area contributed by atoms with Crippen molar-refractivity contribution in [1.29, 1.82) is 0 Å². The topological polar surface area (TPSA) is 15.3 Å². The van der Waals surface area contributed by atoms with Gasteiger partial charge in [0.25, 0.3) is 0 Å². The van der Waals surface area contributed by atoms with Crippen LogP contribution in [0.4, 0.5) is 0 Å². The molecule has 1 aliphatic carbocycles. The molecule has 94 valence electrons. The van der Waals surface area contributed by atoms with Crippen LogP contribution in [0, 0.1) is 5.41 Å². The lowest BCUT2D eigenvalue weighted by Crippen LogP contribution is -2.47. The van der Waals surface area contributed by atoms with Gasteiger partial charge in [-0.1, -0.05) is 20.8 Å². The van der Waals surface area contributed by atoms with Crippen molar-refractivity contribution in [2.75, 3.05) is 19.6 Å². The molecule has 2 fully saturated rings. The first-order valence-electron chi connectivity index (χ1n) is 7.08. The fraction of sp³-hybridized carbons (Fsp3) is 1.00. The zero-order valence-corrected chi connectivity index (χ0v) is 11.3. The molecule has 0 spiro atoms. The molecule has 0 radical (unpaired) electrons. The Labute approximate surface area is 101 Å². The summed E-state index contributed by atoms with van der Waals surface area (Å²) in [5.41, 5.74) is 0.582. The second kappa shape index (κ2) is 5.05. The third-order valence-electron chi connectivity index (χ3n) is 4.36. The highest BCUT2D eigenvalue weighted by molar-refractivity contribution is 4.86. The summed E-state index contributed by atoms with van der Waals surface area (Å²) in [4.78, 5) is 2.71. The number of likely N-dealkylation sites (tertiary alicyclic amines) is 1. The molecule has 1 atom stereocenters. The van der Waals surface area contributed by atoms with Crippen LogP contribution in [0.1, 0.15) is 52.9 Å². The van der Waals surface area contributed by atoms with Crippen molar-refractivity contribution < 1.29 is 0 Å². The van der Waals surface area contributed by atoms with Crippen molar-refractivity contribution in [2.24, 2.45) is 5.41 Å².